The van der Waals surface area contributed by atoms with Gasteiger partial charge in [-0.3, -0.25) is 14.5 Å². The van der Waals surface area contributed by atoms with E-state index in [0.29, 0.717) is 16.7 Å². The van der Waals surface area contributed by atoms with Crippen LogP contribution in [0.3, 0.4) is 0 Å². The maximum atomic E-state index is 11.9. The summed E-state index contributed by atoms with van der Waals surface area (Å²) in [5, 5.41) is 4.36. The maximum Gasteiger partial charge on any atom is 0.262 e. The molecule has 0 aliphatic rings. The van der Waals surface area contributed by atoms with Crippen molar-refractivity contribution >= 4 is 20.9 Å². The highest BCUT2D eigenvalue weighted by Crippen LogP contribution is 2.15. The van der Waals surface area contributed by atoms with Crippen molar-refractivity contribution in [2.45, 2.75) is 4.90 Å². The number of nitrogens with one attached hydrogen (secondary N) is 1. The first-order valence-electron chi connectivity index (χ1n) is 5.95. The lowest BCUT2D eigenvalue weighted by Crippen LogP contribution is -2.10. The van der Waals surface area contributed by atoms with Crippen LogP contribution >= 0.6 is 0 Å². The topological polar surface area (TPSA) is 111 Å². The molecule has 9 heteroatoms. The van der Waals surface area contributed by atoms with Crippen LogP contribution in [-0.4, -0.2) is 39.4 Å². The second kappa shape index (κ2) is 4.48. The lowest BCUT2D eigenvalue weighted by Gasteiger charge is -2.02. The van der Waals surface area contributed by atoms with Crippen molar-refractivity contribution in [1.29, 1.82) is 0 Å². The fourth-order valence-electron chi connectivity index (χ4n) is 1.89. The molecule has 3 rings (SSSR count). The number of hydrogen-bond acceptors (Lipinski definition) is 6. The SMILES string of the molecule is Cn1ncc2c(=O)[nH]c(-c3ccc(S(C)(=O)=O)cn3)nc21. The minimum Gasteiger partial charge on any atom is -0.305 e. The Morgan fingerprint density at radius 3 is 2.62 bits per heavy atom. The second-order valence-corrected chi connectivity index (χ2v) is 6.59. The largest absolute Gasteiger partial charge is 0.305 e. The molecule has 0 amide bonds. The molecule has 0 saturated carbocycles. The van der Waals surface area contributed by atoms with Gasteiger partial charge in [0.15, 0.2) is 21.3 Å². The van der Waals surface area contributed by atoms with Crippen molar-refractivity contribution in [2.24, 2.45) is 7.05 Å². The Hall–Kier alpha value is -2.55. The van der Waals surface area contributed by atoms with E-state index in [9.17, 15) is 13.2 Å². The van der Waals surface area contributed by atoms with Crippen molar-refractivity contribution in [2.75, 3.05) is 6.26 Å². The Morgan fingerprint density at radius 2 is 2.00 bits per heavy atom. The fraction of sp³-hybridized carbons (Fsp3) is 0.167. The number of rotatable bonds is 2. The van der Waals surface area contributed by atoms with E-state index in [1.165, 1.54) is 29.2 Å². The molecule has 0 spiro atoms. The van der Waals surface area contributed by atoms with E-state index in [1.54, 1.807) is 7.05 Å². The predicted molar refractivity (Wildman–Crippen MR) is 75.5 cm³/mol. The van der Waals surface area contributed by atoms with Gasteiger partial charge in [-0.25, -0.2) is 13.4 Å². The second-order valence-electron chi connectivity index (χ2n) is 4.57. The molecule has 0 fully saturated rings. The molecule has 0 unspecified atom stereocenters. The van der Waals surface area contributed by atoms with Crippen LogP contribution in [0.5, 0.6) is 0 Å². The van der Waals surface area contributed by atoms with Gasteiger partial charge in [0.25, 0.3) is 5.56 Å². The first-order valence-corrected chi connectivity index (χ1v) is 7.84. The zero-order valence-electron chi connectivity index (χ0n) is 11.2. The van der Waals surface area contributed by atoms with E-state index in [2.05, 4.69) is 20.1 Å². The van der Waals surface area contributed by atoms with Gasteiger partial charge >= 0.3 is 0 Å². The van der Waals surface area contributed by atoms with E-state index < -0.39 is 9.84 Å². The smallest absolute Gasteiger partial charge is 0.262 e. The monoisotopic (exact) mass is 305 g/mol. The number of pyridine rings is 1. The number of hydrogen-bond donors (Lipinski definition) is 1. The van der Waals surface area contributed by atoms with E-state index in [0.717, 1.165) is 6.26 Å². The van der Waals surface area contributed by atoms with Crippen LogP contribution in [0.25, 0.3) is 22.6 Å². The van der Waals surface area contributed by atoms with Crippen molar-refractivity contribution in [3.63, 3.8) is 0 Å². The Balaban J connectivity index is 2.16. The lowest BCUT2D eigenvalue weighted by molar-refractivity contribution is 0.601. The molecule has 0 aliphatic heterocycles. The van der Waals surface area contributed by atoms with Crippen molar-refractivity contribution in [3.05, 3.63) is 34.9 Å². The molecule has 0 bridgehead atoms. The molecule has 0 saturated heterocycles. The average Bonchev–Trinajstić information content (AvgIpc) is 2.80. The van der Waals surface area contributed by atoms with Crippen molar-refractivity contribution < 1.29 is 8.42 Å². The number of aryl methyl sites for hydroxylation is 1. The summed E-state index contributed by atoms with van der Waals surface area (Å²) in [4.78, 5) is 23.0. The average molecular weight is 305 g/mol. The Bertz CT molecular complexity index is 986. The third-order valence-corrected chi connectivity index (χ3v) is 4.11. The van der Waals surface area contributed by atoms with Gasteiger partial charge in [-0.2, -0.15) is 5.10 Å². The Labute approximate surface area is 119 Å². The van der Waals surface area contributed by atoms with Gasteiger partial charge in [0.2, 0.25) is 0 Å². The van der Waals surface area contributed by atoms with Gasteiger partial charge in [0.05, 0.1) is 11.1 Å². The molecule has 0 radical (unpaired) electrons. The van der Waals surface area contributed by atoms with E-state index in [-0.39, 0.29) is 16.3 Å². The van der Waals surface area contributed by atoms with Crippen LogP contribution in [0.2, 0.25) is 0 Å². The fourth-order valence-corrected chi connectivity index (χ4v) is 2.45. The summed E-state index contributed by atoms with van der Waals surface area (Å²) >= 11 is 0. The highest BCUT2D eigenvalue weighted by Gasteiger charge is 2.12. The molecule has 3 aromatic heterocycles. The number of sulfone groups is 1. The summed E-state index contributed by atoms with van der Waals surface area (Å²) in [6.45, 7) is 0. The molecule has 0 aliphatic carbocycles. The van der Waals surface area contributed by atoms with Gasteiger partial charge in [-0.15, -0.1) is 0 Å². The number of aromatic amines is 1. The zero-order chi connectivity index (χ0) is 15.2. The molecule has 21 heavy (non-hydrogen) atoms. The van der Waals surface area contributed by atoms with Gasteiger partial charge < -0.3 is 4.98 Å². The lowest BCUT2D eigenvalue weighted by atomic mass is 10.3. The number of nitrogens with zero attached hydrogens (tertiary/aromatic N) is 4. The molecule has 8 nitrogen and oxygen atoms in total. The maximum absolute atomic E-state index is 11.9. The third kappa shape index (κ3) is 2.31. The Kier molecular flexibility index (Phi) is 2.87. The molecule has 3 aromatic rings. The Morgan fingerprint density at radius 1 is 1.24 bits per heavy atom. The third-order valence-electron chi connectivity index (χ3n) is 3.01. The summed E-state index contributed by atoms with van der Waals surface area (Å²) < 4.78 is 24.3. The highest BCUT2D eigenvalue weighted by atomic mass is 32.2. The van der Waals surface area contributed by atoms with Crippen LogP contribution in [0, 0.1) is 0 Å². The van der Waals surface area contributed by atoms with Crippen LogP contribution in [-0.2, 0) is 16.9 Å². The first-order chi connectivity index (χ1) is 9.86. The van der Waals surface area contributed by atoms with E-state index in [1.807, 2.05) is 0 Å². The van der Waals surface area contributed by atoms with Gasteiger partial charge in [0, 0.05) is 19.5 Å². The standard InChI is InChI=1S/C12H11N5O3S/c1-17-11-8(6-14-17)12(18)16-10(15-11)9-4-3-7(5-13-9)21(2,19)20/h3-6H,1-2H3,(H,15,16,18). The molecule has 1 N–H and O–H groups in total. The van der Waals surface area contributed by atoms with Crippen molar-refractivity contribution in [1.82, 2.24) is 24.7 Å². The first kappa shape index (κ1) is 13.4. The molecular formula is C12H11N5O3S. The van der Waals surface area contributed by atoms with Gasteiger partial charge in [-0.05, 0) is 12.1 Å². The minimum absolute atomic E-state index is 0.107. The number of aromatic nitrogens is 5. The van der Waals surface area contributed by atoms with Crippen molar-refractivity contribution in [3.8, 4) is 11.5 Å². The van der Waals surface area contributed by atoms with Gasteiger partial charge in [-0.1, -0.05) is 0 Å². The predicted octanol–water partition coefficient (Wildman–Crippen LogP) is 0.122. The summed E-state index contributed by atoms with van der Waals surface area (Å²) in [7, 11) is -1.63. The summed E-state index contributed by atoms with van der Waals surface area (Å²) in [6, 6.07) is 2.92. The molecule has 0 atom stereocenters. The summed E-state index contributed by atoms with van der Waals surface area (Å²) in [5.41, 5.74) is 0.488. The molecular weight excluding hydrogens is 294 g/mol. The molecule has 3 heterocycles. The summed E-state index contributed by atoms with van der Waals surface area (Å²) in [5.74, 6) is 0.260. The van der Waals surface area contributed by atoms with Gasteiger partial charge in [0.1, 0.15) is 11.1 Å². The quantitative estimate of drug-likeness (QED) is 0.720. The van der Waals surface area contributed by atoms with Crippen LogP contribution in [0.1, 0.15) is 0 Å². The normalized spacial score (nSPS) is 11.9. The van der Waals surface area contributed by atoms with Crippen LogP contribution < -0.4 is 5.56 Å². The van der Waals surface area contributed by atoms with Crippen LogP contribution in [0.4, 0.5) is 0 Å². The molecule has 108 valence electrons. The number of fused-ring (bicyclic) bond motifs is 1. The van der Waals surface area contributed by atoms with E-state index in [4.69, 9.17) is 0 Å². The zero-order valence-corrected chi connectivity index (χ0v) is 12.0. The van der Waals surface area contributed by atoms with E-state index >= 15 is 0 Å². The highest BCUT2D eigenvalue weighted by molar-refractivity contribution is 7.90. The molecule has 0 aromatic carbocycles. The minimum atomic E-state index is -3.31. The van der Waals surface area contributed by atoms with Crippen LogP contribution in [0.15, 0.2) is 34.2 Å². The summed E-state index contributed by atoms with van der Waals surface area (Å²) in [6.07, 6.45) is 3.77. The number of H-pyrrole nitrogens is 1.